The summed E-state index contributed by atoms with van der Waals surface area (Å²) in [5.74, 6) is 0.818. The van der Waals surface area contributed by atoms with Crippen LogP contribution in [0.1, 0.15) is 43.9 Å². The Morgan fingerprint density at radius 3 is 2.10 bits per heavy atom. The first-order chi connectivity index (χ1) is 10.2. The van der Waals surface area contributed by atoms with Crippen molar-refractivity contribution in [3.8, 4) is 0 Å². The van der Waals surface area contributed by atoms with Crippen molar-refractivity contribution in [3.63, 3.8) is 0 Å². The molecule has 0 spiro atoms. The second-order valence-corrected chi connectivity index (χ2v) is 6.86. The molecule has 2 aromatic rings. The number of nitrogens with one attached hydrogen (secondary N) is 1. The molecule has 1 aliphatic carbocycles. The molecule has 0 radical (unpaired) electrons. The molecule has 1 atom stereocenters. The van der Waals surface area contributed by atoms with E-state index < -0.39 is 0 Å². The highest BCUT2D eigenvalue weighted by molar-refractivity contribution is 5.25. The van der Waals surface area contributed by atoms with Gasteiger partial charge in [0.05, 0.1) is 0 Å². The third-order valence-electron chi connectivity index (χ3n) is 4.57. The first-order valence-corrected chi connectivity index (χ1v) is 8.01. The van der Waals surface area contributed by atoms with Crippen molar-refractivity contribution >= 4 is 0 Å². The van der Waals surface area contributed by atoms with Crippen molar-refractivity contribution in [2.75, 3.05) is 6.54 Å². The van der Waals surface area contributed by atoms with Crippen LogP contribution in [0.4, 0.5) is 0 Å². The summed E-state index contributed by atoms with van der Waals surface area (Å²) in [6.07, 6.45) is 2.72. The van der Waals surface area contributed by atoms with E-state index in [4.69, 9.17) is 0 Å². The average Bonchev–Trinajstić information content (AvgIpc) is 3.34. The Hall–Kier alpha value is -1.60. The first kappa shape index (κ1) is 14.3. The van der Waals surface area contributed by atoms with Crippen LogP contribution in [0.15, 0.2) is 60.7 Å². The molecule has 0 aliphatic heterocycles. The zero-order valence-electron chi connectivity index (χ0n) is 13.0. The monoisotopic (exact) mass is 279 g/mol. The molecule has 2 aromatic carbocycles. The number of benzene rings is 2. The van der Waals surface area contributed by atoms with Crippen LogP contribution in [0.5, 0.6) is 0 Å². The Labute approximate surface area is 128 Å². The summed E-state index contributed by atoms with van der Waals surface area (Å²) in [5.41, 5.74) is 2.99. The molecule has 0 amide bonds. The quantitative estimate of drug-likeness (QED) is 0.808. The van der Waals surface area contributed by atoms with Gasteiger partial charge in [-0.15, -0.1) is 0 Å². The lowest BCUT2D eigenvalue weighted by Gasteiger charge is -2.29. The molecule has 1 nitrogen and oxygen atoms in total. The van der Waals surface area contributed by atoms with Crippen LogP contribution in [0, 0.1) is 5.92 Å². The SMILES string of the molecule is CC(C)(CNC(c1ccccc1)C1CC1)c1ccccc1. The maximum atomic E-state index is 3.84. The zero-order chi connectivity index (χ0) is 14.7. The topological polar surface area (TPSA) is 12.0 Å². The van der Waals surface area contributed by atoms with Gasteiger partial charge in [0.15, 0.2) is 0 Å². The molecule has 3 rings (SSSR count). The lowest BCUT2D eigenvalue weighted by molar-refractivity contribution is 0.399. The number of rotatable bonds is 6. The van der Waals surface area contributed by atoms with E-state index in [1.165, 1.54) is 24.0 Å². The Morgan fingerprint density at radius 2 is 1.52 bits per heavy atom. The highest BCUT2D eigenvalue weighted by Crippen LogP contribution is 2.41. The van der Waals surface area contributed by atoms with Crippen LogP contribution < -0.4 is 5.32 Å². The van der Waals surface area contributed by atoms with Gasteiger partial charge < -0.3 is 5.32 Å². The summed E-state index contributed by atoms with van der Waals surface area (Å²) in [6.45, 7) is 5.65. The highest BCUT2D eigenvalue weighted by atomic mass is 14.9. The van der Waals surface area contributed by atoms with Gasteiger partial charge in [0.2, 0.25) is 0 Å². The summed E-state index contributed by atoms with van der Waals surface area (Å²) in [7, 11) is 0. The Kier molecular flexibility index (Phi) is 4.12. The van der Waals surface area contributed by atoms with E-state index in [1.807, 2.05) is 0 Å². The fourth-order valence-electron chi connectivity index (χ4n) is 3.00. The molecule has 0 aromatic heterocycles. The van der Waals surface area contributed by atoms with Crippen molar-refractivity contribution in [3.05, 3.63) is 71.8 Å². The van der Waals surface area contributed by atoms with Gasteiger partial charge in [-0.3, -0.25) is 0 Å². The largest absolute Gasteiger partial charge is 0.309 e. The fourth-order valence-corrected chi connectivity index (χ4v) is 3.00. The summed E-state index contributed by atoms with van der Waals surface area (Å²) >= 11 is 0. The molecule has 0 saturated heterocycles. The molecule has 110 valence electrons. The van der Waals surface area contributed by atoms with Gasteiger partial charge in [-0.05, 0) is 29.9 Å². The first-order valence-electron chi connectivity index (χ1n) is 8.01. The van der Waals surface area contributed by atoms with Crippen LogP contribution in [-0.2, 0) is 5.41 Å². The van der Waals surface area contributed by atoms with E-state index in [-0.39, 0.29) is 5.41 Å². The zero-order valence-corrected chi connectivity index (χ0v) is 13.0. The van der Waals surface area contributed by atoms with Gasteiger partial charge in [0, 0.05) is 18.0 Å². The number of hydrogen-bond donors (Lipinski definition) is 1. The van der Waals surface area contributed by atoms with E-state index in [0.29, 0.717) is 6.04 Å². The third-order valence-corrected chi connectivity index (χ3v) is 4.57. The average molecular weight is 279 g/mol. The standard InChI is InChI=1S/C20H25N/c1-20(2,18-11-7-4-8-12-18)15-21-19(17-13-14-17)16-9-5-3-6-10-16/h3-12,17,19,21H,13-15H2,1-2H3. The van der Waals surface area contributed by atoms with Crippen molar-refractivity contribution in [1.82, 2.24) is 5.32 Å². The summed E-state index contributed by atoms with van der Waals surface area (Å²) in [6, 6.07) is 22.2. The molecule has 1 saturated carbocycles. The lowest BCUT2D eigenvalue weighted by atomic mass is 9.84. The van der Waals surface area contributed by atoms with Gasteiger partial charge in [-0.1, -0.05) is 74.5 Å². The van der Waals surface area contributed by atoms with E-state index in [2.05, 4.69) is 79.8 Å². The van der Waals surface area contributed by atoms with Crippen molar-refractivity contribution in [1.29, 1.82) is 0 Å². The van der Waals surface area contributed by atoms with Gasteiger partial charge in [0.1, 0.15) is 0 Å². The maximum absolute atomic E-state index is 3.84. The minimum Gasteiger partial charge on any atom is -0.309 e. The Morgan fingerprint density at radius 1 is 0.952 bits per heavy atom. The van der Waals surface area contributed by atoms with Crippen LogP contribution in [-0.4, -0.2) is 6.54 Å². The second-order valence-electron chi connectivity index (χ2n) is 6.86. The van der Waals surface area contributed by atoms with Crippen LogP contribution in [0.2, 0.25) is 0 Å². The molecular formula is C20H25N. The molecule has 1 heteroatoms. The minimum absolute atomic E-state index is 0.156. The molecule has 1 N–H and O–H groups in total. The van der Waals surface area contributed by atoms with Crippen LogP contribution >= 0.6 is 0 Å². The Bertz CT molecular complexity index is 555. The number of hydrogen-bond acceptors (Lipinski definition) is 1. The maximum Gasteiger partial charge on any atom is 0.0348 e. The normalized spacial score (nSPS) is 16.7. The summed E-state index contributed by atoms with van der Waals surface area (Å²) < 4.78 is 0. The lowest BCUT2D eigenvalue weighted by Crippen LogP contribution is -2.36. The molecule has 1 fully saturated rings. The molecular weight excluding hydrogens is 254 g/mol. The Balaban J connectivity index is 1.70. The predicted octanol–water partition coefficient (Wildman–Crippen LogP) is 4.71. The van der Waals surface area contributed by atoms with Crippen LogP contribution in [0.25, 0.3) is 0 Å². The molecule has 1 unspecified atom stereocenters. The van der Waals surface area contributed by atoms with Crippen LogP contribution in [0.3, 0.4) is 0 Å². The molecule has 0 bridgehead atoms. The summed E-state index contributed by atoms with van der Waals surface area (Å²) in [4.78, 5) is 0. The van der Waals surface area contributed by atoms with Crippen molar-refractivity contribution in [2.24, 2.45) is 5.92 Å². The van der Waals surface area contributed by atoms with E-state index in [1.54, 1.807) is 0 Å². The fraction of sp³-hybridized carbons (Fsp3) is 0.400. The predicted molar refractivity (Wildman–Crippen MR) is 89.4 cm³/mol. The van der Waals surface area contributed by atoms with Gasteiger partial charge in [-0.25, -0.2) is 0 Å². The smallest absolute Gasteiger partial charge is 0.0348 e. The van der Waals surface area contributed by atoms with E-state index in [0.717, 1.165) is 12.5 Å². The van der Waals surface area contributed by atoms with E-state index in [9.17, 15) is 0 Å². The van der Waals surface area contributed by atoms with Crippen molar-refractivity contribution in [2.45, 2.75) is 38.1 Å². The summed E-state index contributed by atoms with van der Waals surface area (Å²) in [5, 5.41) is 3.84. The highest BCUT2D eigenvalue weighted by Gasteiger charge is 2.33. The molecule has 21 heavy (non-hydrogen) atoms. The minimum atomic E-state index is 0.156. The van der Waals surface area contributed by atoms with Gasteiger partial charge in [-0.2, -0.15) is 0 Å². The van der Waals surface area contributed by atoms with Gasteiger partial charge >= 0.3 is 0 Å². The molecule has 1 aliphatic rings. The van der Waals surface area contributed by atoms with E-state index >= 15 is 0 Å². The third kappa shape index (κ3) is 3.54. The van der Waals surface area contributed by atoms with Gasteiger partial charge in [0.25, 0.3) is 0 Å². The van der Waals surface area contributed by atoms with Crippen molar-refractivity contribution < 1.29 is 0 Å². The second kappa shape index (κ2) is 6.03. The molecule has 0 heterocycles.